The first-order valence-corrected chi connectivity index (χ1v) is 8.92. The molecular weight excluding hydrogens is 294 g/mol. The summed E-state index contributed by atoms with van der Waals surface area (Å²) in [4.78, 5) is 12.2. The molecule has 2 aliphatic rings. The van der Waals surface area contributed by atoms with Gasteiger partial charge < -0.3 is 9.84 Å². The summed E-state index contributed by atoms with van der Waals surface area (Å²) in [6, 6.07) is 1.48. The molecule has 1 aliphatic heterocycles. The summed E-state index contributed by atoms with van der Waals surface area (Å²) in [6.45, 7) is 2.66. The Hall–Kier alpha value is -1.41. The number of nitrogens with one attached hydrogen (secondary N) is 1. The quantitative estimate of drug-likeness (QED) is 0.877. The van der Waals surface area contributed by atoms with E-state index in [0.29, 0.717) is 19.0 Å². The number of aromatic nitrogens is 1. The van der Waals surface area contributed by atoms with Crippen molar-refractivity contribution in [2.24, 2.45) is 5.92 Å². The molecule has 3 rings (SSSR count). The van der Waals surface area contributed by atoms with Crippen LogP contribution in [0.5, 0.6) is 0 Å². The van der Waals surface area contributed by atoms with Gasteiger partial charge in [0.05, 0.1) is 6.26 Å². The molecular formula is C13H19N3O4S. The first kappa shape index (κ1) is 14.5. The monoisotopic (exact) mass is 313 g/mol. The first-order chi connectivity index (χ1) is 9.84. The van der Waals surface area contributed by atoms with E-state index < -0.39 is 10.0 Å². The van der Waals surface area contributed by atoms with Gasteiger partial charge in [0.15, 0.2) is 5.69 Å². The van der Waals surface area contributed by atoms with Crippen LogP contribution in [0.1, 0.15) is 41.9 Å². The highest BCUT2D eigenvalue weighted by molar-refractivity contribution is 7.88. The Morgan fingerprint density at radius 3 is 2.71 bits per heavy atom. The molecule has 1 aliphatic carbocycles. The van der Waals surface area contributed by atoms with Crippen LogP contribution >= 0.6 is 0 Å². The highest BCUT2D eigenvalue weighted by Crippen LogP contribution is 2.40. The zero-order chi connectivity index (χ0) is 15.2. The Kier molecular flexibility index (Phi) is 3.53. The maximum absolute atomic E-state index is 12.2. The van der Waals surface area contributed by atoms with Gasteiger partial charge >= 0.3 is 0 Å². The maximum atomic E-state index is 12.2. The first-order valence-electron chi connectivity index (χ1n) is 7.07. The molecule has 1 saturated carbocycles. The van der Waals surface area contributed by atoms with Crippen molar-refractivity contribution >= 4 is 15.9 Å². The molecule has 116 valence electrons. The van der Waals surface area contributed by atoms with E-state index in [-0.39, 0.29) is 23.6 Å². The van der Waals surface area contributed by atoms with Gasteiger partial charge in [0.1, 0.15) is 5.76 Å². The van der Waals surface area contributed by atoms with Crippen molar-refractivity contribution in [1.82, 2.24) is 14.8 Å². The molecule has 1 aromatic heterocycles. The van der Waals surface area contributed by atoms with Crippen LogP contribution in [0.3, 0.4) is 0 Å². The van der Waals surface area contributed by atoms with Gasteiger partial charge in [-0.1, -0.05) is 12.1 Å². The number of rotatable bonds is 4. The maximum Gasteiger partial charge on any atom is 0.273 e. The second-order valence-electron chi connectivity index (χ2n) is 6.03. The van der Waals surface area contributed by atoms with Crippen molar-refractivity contribution in [3.8, 4) is 0 Å². The number of amides is 1. The molecule has 21 heavy (non-hydrogen) atoms. The molecule has 0 spiro atoms. The predicted octanol–water partition coefficient (Wildman–Crippen LogP) is 0.562. The number of carbonyl (C=O) groups excluding carboxylic acids is 1. The smallest absolute Gasteiger partial charge is 0.273 e. The summed E-state index contributed by atoms with van der Waals surface area (Å²) >= 11 is 0. The lowest BCUT2D eigenvalue weighted by atomic mass is 10.1. The minimum Gasteiger partial charge on any atom is -0.360 e. The highest BCUT2D eigenvalue weighted by Gasteiger charge is 2.36. The second kappa shape index (κ2) is 5.10. The van der Waals surface area contributed by atoms with E-state index >= 15 is 0 Å². The van der Waals surface area contributed by atoms with Gasteiger partial charge in [0.2, 0.25) is 10.0 Å². The van der Waals surface area contributed by atoms with E-state index in [1.54, 1.807) is 6.07 Å². The fourth-order valence-corrected chi connectivity index (χ4v) is 3.52. The molecule has 1 saturated heterocycles. The van der Waals surface area contributed by atoms with Crippen LogP contribution in [-0.4, -0.2) is 49.2 Å². The molecule has 1 amide bonds. The van der Waals surface area contributed by atoms with Crippen molar-refractivity contribution in [1.29, 1.82) is 0 Å². The summed E-state index contributed by atoms with van der Waals surface area (Å²) in [5.41, 5.74) is 0.266. The third-order valence-corrected chi connectivity index (χ3v) is 5.34. The molecule has 0 bridgehead atoms. The van der Waals surface area contributed by atoms with Crippen molar-refractivity contribution in [3.63, 3.8) is 0 Å². The number of sulfonamides is 1. The summed E-state index contributed by atoms with van der Waals surface area (Å²) in [5, 5.41) is 6.65. The molecule has 8 heteroatoms. The van der Waals surface area contributed by atoms with Gasteiger partial charge in [-0.15, -0.1) is 0 Å². The third-order valence-electron chi connectivity index (χ3n) is 4.11. The molecule has 0 unspecified atom stereocenters. The van der Waals surface area contributed by atoms with Crippen LogP contribution in [0.15, 0.2) is 10.6 Å². The normalized spacial score (nSPS) is 27.0. The fraction of sp³-hybridized carbons (Fsp3) is 0.692. The summed E-state index contributed by atoms with van der Waals surface area (Å²) < 4.78 is 29.7. The lowest BCUT2D eigenvalue weighted by Crippen LogP contribution is -2.40. The van der Waals surface area contributed by atoms with E-state index in [1.807, 2.05) is 6.92 Å². The minimum absolute atomic E-state index is 0.0680. The van der Waals surface area contributed by atoms with Crippen molar-refractivity contribution < 1.29 is 17.7 Å². The molecule has 7 nitrogen and oxygen atoms in total. The Morgan fingerprint density at radius 1 is 1.43 bits per heavy atom. The fourth-order valence-electron chi connectivity index (χ4n) is 2.58. The molecule has 1 N–H and O–H groups in total. The van der Waals surface area contributed by atoms with Crippen LogP contribution in [0.2, 0.25) is 0 Å². The van der Waals surface area contributed by atoms with Crippen LogP contribution < -0.4 is 5.32 Å². The van der Waals surface area contributed by atoms with E-state index in [4.69, 9.17) is 4.52 Å². The Labute approximate surface area is 123 Å². The number of nitrogens with zero attached hydrogens (tertiary/aromatic N) is 2. The number of carbonyl (C=O) groups is 1. The molecule has 2 fully saturated rings. The molecule has 0 aromatic carbocycles. The largest absolute Gasteiger partial charge is 0.360 e. The Bertz CT molecular complexity index is 650. The average molecular weight is 313 g/mol. The standard InChI is InChI=1S/C13H19N3O4S/c1-8-6-16(21(2,18)19)7-11(8)14-13(17)10-5-12(20-15-10)9-3-4-9/h5,8-9,11H,3-4,6-7H2,1-2H3,(H,14,17)/t8-,11+/m1/s1. The summed E-state index contributed by atoms with van der Waals surface area (Å²) in [5.74, 6) is 0.930. The highest BCUT2D eigenvalue weighted by atomic mass is 32.2. The SMILES string of the molecule is C[C@@H]1CN(S(C)(=O)=O)C[C@@H]1NC(=O)c1cc(C2CC2)on1. The topological polar surface area (TPSA) is 92.5 Å². The molecule has 2 atom stereocenters. The van der Waals surface area contributed by atoms with E-state index in [1.165, 1.54) is 10.6 Å². The lowest BCUT2D eigenvalue weighted by molar-refractivity contribution is 0.0923. The summed E-state index contributed by atoms with van der Waals surface area (Å²) in [6.07, 6.45) is 3.35. The van der Waals surface area contributed by atoms with Crippen LogP contribution in [0.4, 0.5) is 0 Å². The second-order valence-corrected chi connectivity index (χ2v) is 8.01. The zero-order valence-electron chi connectivity index (χ0n) is 12.1. The molecule has 2 heterocycles. The predicted molar refractivity (Wildman–Crippen MR) is 75.3 cm³/mol. The van der Waals surface area contributed by atoms with Gasteiger partial charge in [-0.05, 0) is 18.8 Å². The van der Waals surface area contributed by atoms with Gasteiger partial charge in [-0.25, -0.2) is 8.42 Å². The Balaban J connectivity index is 1.64. The van der Waals surface area contributed by atoms with Gasteiger partial charge in [-0.2, -0.15) is 4.31 Å². The summed E-state index contributed by atoms with van der Waals surface area (Å²) in [7, 11) is -3.22. The van der Waals surface area contributed by atoms with E-state index in [2.05, 4.69) is 10.5 Å². The average Bonchev–Trinajstić information content (AvgIpc) is 3.00. The number of hydrogen-bond donors (Lipinski definition) is 1. The van der Waals surface area contributed by atoms with Crippen LogP contribution in [0.25, 0.3) is 0 Å². The molecule has 0 radical (unpaired) electrons. The van der Waals surface area contributed by atoms with Crippen molar-refractivity contribution in [2.45, 2.75) is 31.7 Å². The zero-order valence-corrected chi connectivity index (χ0v) is 12.9. The third kappa shape index (κ3) is 3.11. The molecule has 1 aromatic rings. The lowest BCUT2D eigenvalue weighted by Gasteiger charge is -2.15. The van der Waals surface area contributed by atoms with Crippen LogP contribution in [0, 0.1) is 5.92 Å². The van der Waals surface area contributed by atoms with E-state index in [9.17, 15) is 13.2 Å². The minimum atomic E-state index is -3.22. The van der Waals surface area contributed by atoms with Crippen molar-refractivity contribution in [2.75, 3.05) is 19.3 Å². The Morgan fingerprint density at radius 2 is 2.14 bits per heavy atom. The number of hydrogen-bond acceptors (Lipinski definition) is 5. The van der Waals surface area contributed by atoms with Crippen molar-refractivity contribution in [3.05, 3.63) is 17.5 Å². The van der Waals surface area contributed by atoms with Gasteiger partial charge in [-0.3, -0.25) is 4.79 Å². The van der Waals surface area contributed by atoms with E-state index in [0.717, 1.165) is 18.6 Å². The van der Waals surface area contributed by atoms with Gasteiger partial charge in [0, 0.05) is 31.1 Å². The van der Waals surface area contributed by atoms with Gasteiger partial charge in [0.25, 0.3) is 5.91 Å². The van der Waals surface area contributed by atoms with Crippen LogP contribution in [-0.2, 0) is 10.0 Å².